The van der Waals surface area contributed by atoms with Crippen LogP contribution in [0.2, 0.25) is 0 Å². The molecule has 0 radical (unpaired) electrons. The Morgan fingerprint density at radius 2 is 1.54 bits per heavy atom. The second-order valence-corrected chi connectivity index (χ2v) is 5.85. The number of carbonyl (C=O) groups is 3. The fraction of sp³-hybridized carbons (Fsp3) is 0.250. The minimum atomic E-state index is -0.892. The molecule has 6 heteroatoms. The number of hydrogen-bond acceptors (Lipinski definition) is 3. The summed E-state index contributed by atoms with van der Waals surface area (Å²) in [6.07, 6.45) is 0.455. The van der Waals surface area contributed by atoms with Crippen molar-refractivity contribution in [2.24, 2.45) is 0 Å². The number of carboxylic acid groups (broad SMARTS) is 1. The number of hydrogen-bond donors (Lipinski definition) is 3. The fourth-order valence-corrected chi connectivity index (χ4v) is 2.49. The van der Waals surface area contributed by atoms with Crippen LogP contribution in [-0.4, -0.2) is 29.4 Å². The van der Waals surface area contributed by atoms with E-state index >= 15 is 0 Å². The van der Waals surface area contributed by atoms with E-state index in [4.69, 9.17) is 5.11 Å². The highest BCUT2D eigenvalue weighted by molar-refractivity contribution is 5.94. The summed E-state index contributed by atoms with van der Waals surface area (Å²) >= 11 is 0. The zero-order valence-corrected chi connectivity index (χ0v) is 14.4. The average molecular weight is 354 g/mol. The van der Waals surface area contributed by atoms with E-state index in [1.165, 1.54) is 0 Å². The molecule has 0 saturated heterocycles. The summed E-state index contributed by atoms with van der Waals surface area (Å²) in [5.74, 6) is -1.38. The minimum Gasteiger partial charge on any atom is -0.481 e. The number of amides is 2. The van der Waals surface area contributed by atoms with Crippen LogP contribution < -0.4 is 10.6 Å². The molecular formula is C20H22N2O4. The zero-order chi connectivity index (χ0) is 18.8. The topological polar surface area (TPSA) is 95.5 Å². The predicted molar refractivity (Wildman–Crippen MR) is 97.6 cm³/mol. The van der Waals surface area contributed by atoms with Crippen molar-refractivity contribution in [3.63, 3.8) is 0 Å². The molecule has 2 aromatic rings. The van der Waals surface area contributed by atoms with E-state index in [2.05, 4.69) is 10.6 Å². The highest BCUT2D eigenvalue weighted by Crippen LogP contribution is 2.17. The van der Waals surface area contributed by atoms with Gasteiger partial charge in [0.2, 0.25) is 5.91 Å². The minimum absolute atomic E-state index is 0.00708. The Labute approximate surface area is 152 Å². The molecule has 0 fully saturated rings. The Morgan fingerprint density at radius 3 is 2.15 bits per heavy atom. The molecule has 2 amide bonds. The van der Waals surface area contributed by atoms with Crippen LogP contribution in [0, 0.1) is 0 Å². The molecule has 6 nitrogen and oxygen atoms in total. The molecule has 1 unspecified atom stereocenters. The van der Waals surface area contributed by atoms with Crippen LogP contribution in [-0.2, 0) is 9.59 Å². The molecule has 0 aromatic heterocycles. The van der Waals surface area contributed by atoms with E-state index in [1.54, 1.807) is 24.3 Å². The molecule has 0 spiro atoms. The SMILES string of the molecule is O=C(O)CCCNC(=O)CC(NC(=O)c1ccccc1)c1ccccc1. The number of aliphatic carboxylic acids is 1. The van der Waals surface area contributed by atoms with Crippen LogP contribution >= 0.6 is 0 Å². The number of carboxylic acids is 1. The normalized spacial score (nSPS) is 11.4. The summed E-state index contributed by atoms with van der Waals surface area (Å²) in [5, 5.41) is 14.2. The first kappa shape index (κ1) is 19.2. The van der Waals surface area contributed by atoms with Crippen molar-refractivity contribution in [3.05, 3.63) is 71.8 Å². The molecule has 1 atom stereocenters. The van der Waals surface area contributed by atoms with E-state index in [0.29, 0.717) is 18.5 Å². The molecule has 3 N–H and O–H groups in total. The number of benzene rings is 2. The average Bonchev–Trinajstić information content (AvgIpc) is 2.66. The maximum atomic E-state index is 12.4. The van der Waals surface area contributed by atoms with Gasteiger partial charge >= 0.3 is 5.97 Å². The van der Waals surface area contributed by atoms with Gasteiger partial charge in [0.15, 0.2) is 0 Å². The van der Waals surface area contributed by atoms with Crippen molar-refractivity contribution in [3.8, 4) is 0 Å². The third-order valence-corrected chi connectivity index (χ3v) is 3.82. The highest BCUT2D eigenvalue weighted by atomic mass is 16.4. The van der Waals surface area contributed by atoms with Crippen molar-refractivity contribution in [2.75, 3.05) is 6.54 Å². The Balaban J connectivity index is 1.99. The first-order chi connectivity index (χ1) is 12.6. The quantitative estimate of drug-likeness (QED) is 0.603. The van der Waals surface area contributed by atoms with Crippen LogP contribution in [0.3, 0.4) is 0 Å². The standard InChI is InChI=1S/C20H22N2O4/c23-18(21-13-7-12-19(24)25)14-17(15-8-3-1-4-9-15)22-20(26)16-10-5-2-6-11-16/h1-6,8-11,17H,7,12-14H2,(H,21,23)(H,22,26)(H,24,25). The van der Waals surface area contributed by atoms with E-state index in [0.717, 1.165) is 5.56 Å². The zero-order valence-electron chi connectivity index (χ0n) is 14.4. The molecule has 26 heavy (non-hydrogen) atoms. The van der Waals surface area contributed by atoms with Gasteiger partial charge in [0, 0.05) is 18.5 Å². The molecule has 2 rings (SSSR count). The van der Waals surface area contributed by atoms with Gasteiger partial charge in [-0.05, 0) is 24.1 Å². The van der Waals surface area contributed by atoms with Gasteiger partial charge in [0.1, 0.15) is 0 Å². The van der Waals surface area contributed by atoms with E-state index in [9.17, 15) is 14.4 Å². The van der Waals surface area contributed by atoms with Gasteiger partial charge in [-0.3, -0.25) is 14.4 Å². The second-order valence-electron chi connectivity index (χ2n) is 5.85. The van der Waals surface area contributed by atoms with Gasteiger partial charge in [0.05, 0.1) is 12.5 Å². The Morgan fingerprint density at radius 1 is 0.923 bits per heavy atom. The predicted octanol–water partition coefficient (Wildman–Crippen LogP) is 2.53. The molecule has 0 heterocycles. The molecule has 0 bridgehead atoms. The van der Waals surface area contributed by atoms with Gasteiger partial charge in [0.25, 0.3) is 5.91 Å². The molecule has 2 aromatic carbocycles. The molecular weight excluding hydrogens is 332 g/mol. The highest BCUT2D eigenvalue weighted by Gasteiger charge is 2.19. The van der Waals surface area contributed by atoms with Crippen molar-refractivity contribution in [1.29, 1.82) is 0 Å². The Bertz CT molecular complexity index is 732. The van der Waals surface area contributed by atoms with Crippen LogP contribution in [0.5, 0.6) is 0 Å². The number of carbonyl (C=O) groups excluding carboxylic acids is 2. The lowest BCUT2D eigenvalue weighted by Crippen LogP contribution is -2.34. The summed E-state index contributed by atoms with van der Waals surface area (Å²) in [6, 6.07) is 17.6. The molecule has 136 valence electrons. The summed E-state index contributed by atoms with van der Waals surface area (Å²) in [4.78, 5) is 35.1. The van der Waals surface area contributed by atoms with Gasteiger partial charge in [-0.15, -0.1) is 0 Å². The second kappa shape index (κ2) is 9.98. The van der Waals surface area contributed by atoms with Gasteiger partial charge in [-0.1, -0.05) is 48.5 Å². The Hall–Kier alpha value is -3.15. The third kappa shape index (κ3) is 6.39. The van der Waals surface area contributed by atoms with Gasteiger partial charge < -0.3 is 15.7 Å². The summed E-state index contributed by atoms with van der Waals surface area (Å²) in [6.45, 7) is 0.291. The van der Waals surface area contributed by atoms with E-state index in [1.807, 2.05) is 36.4 Å². The lowest BCUT2D eigenvalue weighted by atomic mass is 10.0. The molecule has 0 aliphatic rings. The largest absolute Gasteiger partial charge is 0.481 e. The van der Waals surface area contributed by atoms with Crippen molar-refractivity contribution >= 4 is 17.8 Å². The lowest BCUT2D eigenvalue weighted by molar-refractivity contribution is -0.137. The third-order valence-electron chi connectivity index (χ3n) is 3.82. The van der Waals surface area contributed by atoms with E-state index < -0.39 is 12.0 Å². The monoisotopic (exact) mass is 354 g/mol. The van der Waals surface area contributed by atoms with E-state index in [-0.39, 0.29) is 24.7 Å². The summed E-state index contributed by atoms with van der Waals surface area (Å²) < 4.78 is 0. The maximum Gasteiger partial charge on any atom is 0.303 e. The van der Waals surface area contributed by atoms with Crippen molar-refractivity contribution in [2.45, 2.75) is 25.3 Å². The number of rotatable bonds is 9. The lowest BCUT2D eigenvalue weighted by Gasteiger charge is -2.19. The van der Waals surface area contributed by atoms with Crippen molar-refractivity contribution < 1.29 is 19.5 Å². The molecule has 0 aliphatic heterocycles. The summed E-state index contributed by atoms with van der Waals surface area (Å²) in [7, 11) is 0. The van der Waals surface area contributed by atoms with Crippen LogP contribution in [0.25, 0.3) is 0 Å². The maximum absolute atomic E-state index is 12.4. The molecule has 0 saturated carbocycles. The van der Waals surface area contributed by atoms with Crippen LogP contribution in [0.15, 0.2) is 60.7 Å². The smallest absolute Gasteiger partial charge is 0.303 e. The van der Waals surface area contributed by atoms with Gasteiger partial charge in [-0.25, -0.2) is 0 Å². The first-order valence-corrected chi connectivity index (χ1v) is 8.45. The summed E-state index contributed by atoms with van der Waals surface area (Å²) in [5.41, 5.74) is 1.35. The Kier molecular flexibility index (Phi) is 7.36. The number of nitrogens with one attached hydrogen (secondary N) is 2. The molecule has 0 aliphatic carbocycles. The first-order valence-electron chi connectivity index (χ1n) is 8.45. The van der Waals surface area contributed by atoms with Crippen molar-refractivity contribution in [1.82, 2.24) is 10.6 Å². The van der Waals surface area contributed by atoms with Crippen LogP contribution in [0.1, 0.15) is 41.2 Å². The fourth-order valence-electron chi connectivity index (χ4n) is 2.49. The van der Waals surface area contributed by atoms with Crippen LogP contribution in [0.4, 0.5) is 0 Å². The van der Waals surface area contributed by atoms with Gasteiger partial charge in [-0.2, -0.15) is 0 Å².